The Morgan fingerprint density at radius 3 is 2.79 bits per heavy atom. The van der Waals surface area contributed by atoms with Crippen LogP contribution in [-0.2, 0) is 7.05 Å². The number of carbonyl (C=O) groups is 1. The number of carbonyl (C=O) groups excluding carboxylic acids is 1. The summed E-state index contributed by atoms with van der Waals surface area (Å²) < 4.78 is 2.88. The van der Waals surface area contributed by atoms with Crippen molar-refractivity contribution in [3.8, 4) is 0 Å². The summed E-state index contributed by atoms with van der Waals surface area (Å²) in [5.74, 6) is -0.375. The SMILES string of the molecule is CNC(=O)c1nnn2c3ccccc3c(=O)n(C)c12. The number of nitrogens with one attached hydrogen (secondary N) is 1. The summed E-state index contributed by atoms with van der Waals surface area (Å²) in [5.41, 5.74) is 0.953. The fraction of sp³-hybridized carbons (Fsp3) is 0.167. The Balaban J connectivity index is 2.57. The first-order valence-corrected chi connectivity index (χ1v) is 5.70. The number of aromatic nitrogens is 4. The minimum Gasteiger partial charge on any atom is -0.354 e. The van der Waals surface area contributed by atoms with Gasteiger partial charge >= 0.3 is 0 Å². The molecule has 0 aliphatic rings. The van der Waals surface area contributed by atoms with E-state index >= 15 is 0 Å². The van der Waals surface area contributed by atoms with Gasteiger partial charge in [0.1, 0.15) is 0 Å². The molecule has 2 aromatic heterocycles. The molecular formula is C12H11N5O2. The summed E-state index contributed by atoms with van der Waals surface area (Å²) in [7, 11) is 3.10. The van der Waals surface area contributed by atoms with Crippen molar-refractivity contribution < 1.29 is 4.79 Å². The molecule has 2 heterocycles. The van der Waals surface area contributed by atoms with Crippen molar-refractivity contribution in [1.29, 1.82) is 0 Å². The molecule has 0 fully saturated rings. The third-order valence-electron chi connectivity index (χ3n) is 3.07. The predicted octanol–water partition coefficient (Wildman–Crippen LogP) is -0.0592. The van der Waals surface area contributed by atoms with Crippen molar-refractivity contribution in [3.05, 3.63) is 40.3 Å². The Morgan fingerprint density at radius 1 is 1.32 bits per heavy atom. The number of para-hydroxylation sites is 1. The maximum atomic E-state index is 12.3. The van der Waals surface area contributed by atoms with Gasteiger partial charge in [0.05, 0.1) is 10.9 Å². The van der Waals surface area contributed by atoms with Crippen molar-refractivity contribution in [1.82, 2.24) is 24.7 Å². The van der Waals surface area contributed by atoms with E-state index in [2.05, 4.69) is 15.6 Å². The summed E-state index contributed by atoms with van der Waals surface area (Å²) in [6.07, 6.45) is 0. The minimum absolute atomic E-state index is 0.132. The summed E-state index contributed by atoms with van der Waals surface area (Å²) >= 11 is 0. The second-order valence-corrected chi connectivity index (χ2v) is 4.13. The highest BCUT2D eigenvalue weighted by atomic mass is 16.2. The van der Waals surface area contributed by atoms with Crippen LogP contribution < -0.4 is 10.9 Å². The number of hydrogen-bond acceptors (Lipinski definition) is 4. The van der Waals surface area contributed by atoms with Gasteiger partial charge in [-0.3, -0.25) is 14.2 Å². The molecule has 0 radical (unpaired) electrons. The van der Waals surface area contributed by atoms with Crippen LogP contribution in [0.3, 0.4) is 0 Å². The van der Waals surface area contributed by atoms with Crippen molar-refractivity contribution in [2.75, 3.05) is 7.05 Å². The number of hydrogen-bond donors (Lipinski definition) is 1. The van der Waals surface area contributed by atoms with E-state index < -0.39 is 0 Å². The van der Waals surface area contributed by atoms with Crippen LogP contribution in [0.1, 0.15) is 10.5 Å². The second kappa shape index (κ2) is 3.91. The van der Waals surface area contributed by atoms with Gasteiger partial charge in [0.25, 0.3) is 11.5 Å². The van der Waals surface area contributed by atoms with Gasteiger partial charge in [-0.1, -0.05) is 17.3 Å². The van der Waals surface area contributed by atoms with Crippen LogP contribution in [0.2, 0.25) is 0 Å². The Bertz CT molecular complexity index is 862. The zero-order chi connectivity index (χ0) is 13.6. The number of aryl methyl sites for hydroxylation is 1. The molecule has 1 aromatic carbocycles. The smallest absolute Gasteiger partial charge is 0.275 e. The molecule has 1 amide bonds. The van der Waals surface area contributed by atoms with E-state index in [1.807, 2.05) is 6.07 Å². The molecule has 1 N–H and O–H groups in total. The van der Waals surface area contributed by atoms with Crippen LogP contribution in [-0.4, -0.2) is 32.3 Å². The summed E-state index contributed by atoms with van der Waals surface area (Å²) in [4.78, 5) is 24.0. The zero-order valence-corrected chi connectivity index (χ0v) is 10.4. The first-order valence-electron chi connectivity index (χ1n) is 5.70. The van der Waals surface area contributed by atoms with Crippen LogP contribution in [0.15, 0.2) is 29.1 Å². The minimum atomic E-state index is -0.375. The third kappa shape index (κ3) is 1.44. The number of rotatable bonds is 1. The summed E-state index contributed by atoms with van der Waals surface area (Å²) in [5, 5.41) is 10.8. The number of amides is 1. The largest absolute Gasteiger partial charge is 0.354 e. The fourth-order valence-corrected chi connectivity index (χ4v) is 2.12. The third-order valence-corrected chi connectivity index (χ3v) is 3.07. The van der Waals surface area contributed by atoms with Gasteiger partial charge in [-0.05, 0) is 12.1 Å². The van der Waals surface area contributed by atoms with Crippen LogP contribution in [0, 0.1) is 0 Å². The van der Waals surface area contributed by atoms with Crippen molar-refractivity contribution >= 4 is 22.5 Å². The maximum absolute atomic E-state index is 12.3. The van der Waals surface area contributed by atoms with Crippen molar-refractivity contribution in [2.45, 2.75) is 0 Å². The molecule has 7 heteroatoms. The van der Waals surface area contributed by atoms with E-state index in [1.54, 1.807) is 25.2 Å². The molecule has 0 aliphatic heterocycles. The van der Waals surface area contributed by atoms with Crippen LogP contribution >= 0.6 is 0 Å². The lowest BCUT2D eigenvalue weighted by molar-refractivity contribution is 0.0959. The van der Waals surface area contributed by atoms with E-state index in [0.29, 0.717) is 16.6 Å². The fourth-order valence-electron chi connectivity index (χ4n) is 2.12. The highest BCUT2D eigenvalue weighted by molar-refractivity contribution is 5.98. The van der Waals surface area contributed by atoms with E-state index in [9.17, 15) is 9.59 Å². The lowest BCUT2D eigenvalue weighted by Gasteiger charge is -2.06. The highest BCUT2D eigenvalue weighted by Gasteiger charge is 2.19. The van der Waals surface area contributed by atoms with Crippen LogP contribution in [0.25, 0.3) is 16.6 Å². The highest BCUT2D eigenvalue weighted by Crippen LogP contribution is 2.13. The number of benzene rings is 1. The van der Waals surface area contributed by atoms with Gasteiger partial charge in [0.15, 0.2) is 11.3 Å². The molecule has 96 valence electrons. The lowest BCUT2D eigenvalue weighted by atomic mass is 10.2. The van der Waals surface area contributed by atoms with Gasteiger partial charge in [-0.15, -0.1) is 5.10 Å². The molecular weight excluding hydrogens is 246 g/mol. The van der Waals surface area contributed by atoms with E-state index in [0.717, 1.165) is 0 Å². The molecule has 3 rings (SSSR count). The van der Waals surface area contributed by atoms with Crippen molar-refractivity contribution in [3.63, 3.8) is 0 Å². The standard InChI is InChI=1S/C12H11N5O2/c1-13-10(18)9-11-16(2)12(19)7-5-3-4-6-8(7)17(11)15-14-9/h3-6H,1-2H3,(H,13,18). The first kappa shape index (κ1) is 11.4. The molecule has 0 atom stereocenters. The van der Waals surface area contributed by atoms with Gasteiger partial charge in [-0.2, -0.15) is 4.52 Å². The summed E-state index contributed by atoms with van der Waals surface area (Å²) in [6.45, 7) is 0. The monoisotopic (exact) mass is 257 g/mol. The normalized spacial score (nSPS) is 11.1. The molecule has 0 saturated carbocycles. The molecule has 3 aromatic rings. The lowest BCUT2D eigenvalue weighted by Crippen LogP contribution is -2.24. The van der Waals surface area contributed by atoms with Gasteiger partial charge < -0.3 is 5.32 Å². The van der Waals surface area contributed by atoms with Gasteiger partial charge in [0.2, 0.25) is 0 Å². The average molecular weight is 257 g/mol. The predicted molar refractivity (Wildman–Crippen MR) is 69.1 cm³/mol. The van der Waals surface area contributed by atoms with Crippen LogP contribution in [0.4, 0.5) is 0 Å². The molecule has 0 unspecified atom stereocenters. The van der Waals surface area contributed by atoms with Gasteiger partial charge in [-0.25, -0.2) is 0 Å². The average Bonchev–Trinajstić information content (AvgIpc) is 2.89. The maximum Gasteiger partial charge on any atom is 0.275 e. The number of nitrogens with zero attached hydrogens (tertiary/aromatic N) is 4. The molecule has 0 saturated heterocycles. The van der Waals surface area contributed by atoms with Gasteiger partial charge in [0, 0.05) is 14.1 Å². The molecule has 0 aliphatic carbocycles. The number of fused-ring (bicyclic) bond motifs is 3. The Hall–Kier alpha value is -2.70. The van der Waals surface area contributed by atoms with Crippen LogP contribution in [0.5, 0.6) is 0 Å². The summed E-state index contributed by atoms with van der Waals surface area (Å²) in [6, 6.07) is 7.08. The van der Waals surface area contributed by atoms with E-state index in [4.69, 9.17) is 0 Å². The zero-order valence-electron chi connectivity index (χ0n) is 10.4. The van der Waals surface area contributed by atoms with E-state index in [1.165, 1.54) is 16.1 Å². The molecule has 19 heavy (non-hydrogen) atoms. The second-order valence-electron chi connectivity index (χ2n) is 4.13. The topological polar surface area (TPSA) is 81.3 Å². The Labute approximate surface area is 107 Å². The van der Waals surface area contributed by atoms with Crippen molar-refractivity contribution in [2.24, 2.45) is 7.05 Å². The Morgan fingerprint density at radius 2 is 2.05 bits per heavy atom. The molecule has 0 spiro atoms. The molecule has 7 nitrogen and oxygen atoms in total. The molecule has 0 bridgehead atoms. The Kier molecular flexibility index (Phi) is 2.34. The first-order chi connectivity index (χ1) is 9.15. The quantitative estimate of drug-likeness (QED) is 0.662. The van der Waals surface area contributed by atoms with E-state index in [-0.39, 0.29) is 17.2 Å².